The maximum absolute atomic E-state index is 13.3. The molecule has 1 rings (SSSR count). The van der Waals surface area contributed by atoms with Crippen LogP contribution in [0, 0.1) is 17.1 Å². The van der Waals surface area contributed by atoms with Gasteiger partial charge in [0.1, 0.15) is 5.56 Å². The SMILES string of the molecule is N#CCc1ncc(C(F)F)c(C(F)(F)F)c1F. The number of alkyl halides is 5. The van der Waals surface area contributed by atoms with Gasteiger partial charge in [0.25, 0.3) is 6.43 Å². The van der Waals surface area contributed by atoms with Crippen LogP contribution in [0.15, 0.2) is 6.20 Å². The highest BCUT2D eigenvalue weighted by molar-refractivity contribution is 5.33. The Morgan fingerprint density at radius 2 is 1.94 bits per heavy atom. The lowest BCUT2D eigenvalue weighted by molar-refractivity contribution is -0.142. The predicted octanol–water partition coefficient (Wildman–Crippen LogP) is 3.24. The lowest BCUT2D eigenvalue weighted by atomic mass is 10.1. The molecule has 8 heteroatoms. The summed E-state index contributed by atoms with van der Waals surface area (Å²) in [5, 5.41) is 8.23. The fraction of sp³-hybridized carbons (Fsp3) is 0.333. The zero-order valence-electron chi connectivity index (χ0n) is 8.02. The Morgan fingerprint density at radius 1 is 1.35 bits per heavy atom. The Labute approximate surface area is 91.5 Å². The van der Waals surface area contributed by atoms with E-state index < -0.39 is 41.7 Å². The highest BCUT2D eigenvalue weighted by Gasteiger charge is 2.40. The van der Waals surface area contributed by atoms with Gasteiger partial charge in [-0.05, 0) is 0 Å². The minimum absolute atomic E-state index is 0.239. The Bertz CT molecular complexity index is 460. The number of hydrogen-bond acceptors (Lipinski definition) is 2. The average molecular weight is 254 g/mol. The van der Waals surface area contributed by atoms with Crippen molar-refractivity contribution in [3.63, 3.8) is 0 Å². The summed E-state index contributed by atoms with van der Waals surface area (Å²) >= 11 is 0. The molecule has 0 N–H and O–H groups in total. The van der Waals surface area contributed by atoms with Crippen LogP contribution in [0.4, 0.5) is 26.3 Å². The zero-order chi connectivity index (χ0) is 13.2. The molecule has 0 spiro atoms. The number of rotatable bonds is 2. The molecule has 0 atom stereocenters. The van der Waals surface area contributed by atoms with E-state index >= 15 is 0 Å². The molecule has 1 aromatic heterocycles. The Morgan fingerprint density at radius 3 is 2.35 bits per heavy atom. The van der Waals surface area contributed by atoms with E-state index in [9.17, 15) is 26.3 Å². The van der Waals surface area contributed by atoms with Crippen LogP contribution >= 0.6 is 0 Å². The molecule has 0 fully saturated rings. The largest absolute Gasteiger partial charge is 0.419 e. The van der Waals surface area contributed by atoms with E-state index in [1.807, 2.05) is 0 Å². The Hall–Kier alpha value is -1.78. The number of nitrogens with zero attached hydrogens (tertiary/aromatic N) is 2. The molecule has 0 bridgehead atoms. The van der Waals surface area contributed by atoms with Crippen LogP contribution in [-0.2, 0) is 12.6 Å². The summed E-state index contributed by atoms with van der Waals surface area (Å²) in [7, 11) is 0. The molecule has 17 heavy (non-hydrogen) atoms. The molecule has 0 unspecified atom stereocenters. The van der Waals surface area contributed by atoms with Crippen molar-refractivity contribution in [3.8, 4) is 6.07 Å². The third-order valence-corrected chi connectivity index (χ3v) is 1.89. The van der Waals surface area contributed by atoms with Gasteiger partial charge in [-0.25, -0.2) is 13.2 Å². The summed E-state index contributed by atoms with van der Waals surface area (Å²) in [6.07, 6.45) is -9.24. The fourth-order valence-electron chi connectivity index (χ4n) is 1.19. The van der Waals surface area contributed by atoms with Gasteiger partial charge in [-0.1, -0.05) is 0 Å². The second kappa shape index (κ2) is 4.61. The van der Waals surface area contributed by atoms with Crippen molar-refractivity contribution in [2.75, 3.05) is 0 Å². The van der Waals surface area contributed by atoms with E-state index in [0.29, 0.717) is 0 Å². The van der Waals surface area contributed by atoms with Gasteiger partial charge in [0.15, 0.2) is 5.82 Å². The molecule has 0 amide bonds. The van der Waals surface area contributed by atoms with Crippen molar-refractivity contribution < 1.29 is 26.3 Å². The first-order valence-electron chi connectivity index (χ1n) is 4.18. The highest BCUT2D eigenvalue weighted by Crippen LogP contribution is 2.38. The Kier molecular flexibility index (Phi) is 3.60. The average Bonchev–Trinajstić information content (AvgIpc) is 2.18. The van der Waals surface area contributed by atoms with Crippen LogP contribution in [0.5, 0.6) is 0 Å². The van der Waals surface area contributed by atoms with E-state index in [-0.39, 0.29) is 6.20 Å². The van der Waals surface area contributed by atoms with Gasteiger partial charge in [0.05, 0.1) is 23.7 Å². The number of aromatic nitrogens is 1. The lowest BCUT2D eigenvalue weighted by Gasteiger charge is -2.14. The second-order valence-corrected chi connectivity index (χ2v) is 2.98. The summed E-state index contributed by atoms with van der Waals surface area (Å²) < 4.78 is 75.1. The topological polar surface area (TPSA) is 36.7 Å². The standard InChI is InChI=1S/C9H4F6N2/c10-7-5(1-2-16)17-3-4(8(11)12)6(7)9(13,14)15/h3,8H,1H2. The van der Waals surface area contributed by atoms with E-state index in [0.717, 1.165) is 0 Å². The van der Waals surface area contributed by atoms with Crippen LogP contribution in [0.25, 0.3) is 0 Å². The van der Waals surface area contributed by atoms with Crippen molar-refractivity contribution in [1.29, 1.82) is 5.26 Å². The summed E-state index contributed by atoms with van der Waals surface area (Å²) in [6.45, 7) is 0. The molecule has 2 nitrogen and oxygen atoms in total. The molecule has 0 aliphatic heterocycles. The number of hydrogen-bond donors (Lipinski definition) is 0. The third kappa shape index (κ3) is 2.67. The molecule has 0 saturated carbocycles. The molecule has 0 aliphatic rings. The maximum atomic E-state index is 13.3. The normalized spacial score (nSPS) is 11.6. The van der Waals surface area contributed by atoms with E-state index in [1.54, 1.807) is 0 Å². The predicted molar refractivity (Wildman–Crippen MR) is 43.5 cm³/mol. The smallest absolute Gasteiger partial charge is 0.257 e. The van der Waals surface area contributed by atoms with Gasteiger partial charge in [0.2, 0.25) is 0 Å². The summed E-state index contributed by atoms with van der Waals surface area (Å²) in [4.78, 5) is 3.09. The van der Waals surface area contributed by atoms with Gasteiger partial charge in [0, 0.05) is 6.20 Å². The van der Waals surface area contributed by atoms with Crippen molar-refractivity contribution in [2.24, 2.45) is 0 Å². The van der Waals surface area contributed by atoms with Crippen molar-refractivity contribution >= 4 is 0 Å². The zero-order valence-corrected chi connectivity index (χ0v) is 8.02. The van der Waals surface area contributed by atoms with Crippen LogP contribution in [0.1, 0.15) is 23.2 Å². The molecule has 92 valence electrons. The summed E-state index contributed by atoms with van der Waals surface area (Å²) in [5.41, 5.74) is -4.39. The second-order valence-electron chi connectivity index (χ2n) is 2.98. The van der Waals surface area contributed by atoms with Crippen molar-refractivity contribution in [1.82, 2.24) is 4.98 Å². The summed E-state index contributed by atoms with van der Waals surface area (Å²) in [6, 6.07) is 1.39. The molecular formula is C9H4F6N2. The molecular weight excluding hydrogens is 250 g/mol. The first kappa shape index (κ1) is 13.3. The van der Waals surface area contributed by atoms with E-state index in [4.69, 9.17) is 5.26 Å². The van der Waals surface area contributed by atoms with E-state index in [1.165, 1.54) is 6.07 Å². The van der Waals surface area contributed by atoms with Gasteiger partial charge in [-0.2, -0.15) is 18.4 Å². The van der Waals surface area contributed by atoms with Crippen molar-refractivity contribution in [2.45, 2.75) is 19.0 Å². The molecule has 0 aromatic carbocycles. The van der Waals surface area contributed by atoms with Gasteiger partial charge in [-0.15, -0.1) is 0 Å². The van der Waals surface area contributed by atoms with Gasteiger partial charge < -0.3 is 0 Å². The number of halogens is 6. The monoisotopic (exact) mass is 254 g/mol. The minimum Gasteiger partial charge on any atom is -0.257 e. The van der Waals surface area contributed by atoms with Gasteiger partial charge in [-0.3, -0.25) is 4.98 Å². The first-order valence-corrected chi connectivity index (χ1v) is 4.18. The molecule has 1 heterocycles. The molecule has 0 radical (unpaired) electrons. The first-order chi connectivity index (χ1) is 7.79. The number of pyridine rings is 1. The Balaban J connectivity index is 3.49. The number of nitriles is 1. The van der Waals surface area contributed by atoms with Crippen LogP contribution in [0.3, 0.4) is 0 Å². The molecule has 1 aromatic rings. The summed E-state index contributed by atoms with van der Waals surface area (Å²) in [5.74, 6) is -1.92. The minimum atomic E-state index is -5.26. The quantitative estimate of drug-likeness (QED) is 0.759. The maximum Gasteiger partial charge on any atom is 0.419 e. The molecule has 0 aliphatic carbocycles. The van der Waals surface area contributed by atoms with Gasteiger partial charge >= 0.3 is 6.18 Å². The van der Waals surface area contributed by atoms with E-state index in [2.05, 4.69) is 4.98 Å². The van der Waals surface area contributed by atoms with Crippen molar-refractivity contribution in [3.05, 3.63) is 28.8 Å². The molecule has 0 saturated heterocycles. The van der Waals surface area contributed by atoms with Crippen LogP contribution in [0.2, 0.25) is 0 Å². The lowest BCUT2D eigenvalue weighted by Crippen LogP contribution is -2.15. The third-order valence-electron chi connectivity index (χ3n) is 1.89. The fourth-order valence-corrected chi connectivity index (χ4v) is 1.19. The van der Waals surface area contributed by atoms with Crippen LogP contribution < -0.4 is 0 Å². The van der Waals surface area contributed by atoms with Crippen LogP contribution in [-0.4, -0.2) is 4.98 Å². The highest BCUT2D eigenvalue weighted by atomic mass is 19.4.